The first-order valence-corrected chi connectivity index (χ1v) is 14.1. The van der Waals surface area contributed by atoms with E-state index in [1.165, 1.54) is 0 Å². The van der Waals surface area contributed by atoms with E-state index in [0.29, 0.717) is 30.4 Å². The number of likely N-dealkylation sites (N-methyl/N-ethyl adjacent to an activating group) is 1. The molecule has 0 aliphatic carbocycles. The molecule has 1 aliphatic rings. The molecular formula is C28H30ClN5O4S2. The Bertz CT molecular complexity index is 1550. The number of hydrogen-bond acceptors (Lipinski definition) is 10. The number of halogens is 1. The van der Waals surface area contributed by atoms with E-state index in [-0.39, 0.29) is 18.1 Å². The van der Waals surface area contributed by atoms with Crippen LogP contribution in [0.15, 0.2) is 53.0 Å². The van der Waals surface area contributed by atoms with Crippen molar-refractivity contribution in [2.45, 2.75) is 13.8 Å². The van der Waals surface area contributed by atoms with E-state index in [0.717, 1.165) is 49.9 Å². The van der Waals surface area contributed by atoms with Crippen molar-refractivity contribution in [3.8, 4) is 26.9 Å². The van der Waals surface area contributed by atoms with Crippen molar-refractivity contribution in [3.05, 3.63) is 58.6 Å². The van der Waals surface area contributed by atoms with Crippen molar-refractivity contribution < 1.29 is 19.1 Å². The van der Waals surface area contributed by atoms with Gasteiger partial charge in [-0.3, -0.25) is 14.9 Å². The van der Waals surface area contributed by atoms with Gasteiger partial charge in [-0.25, -0.2) is 9.97 Å². The highest BCUT2D eigenvalue weighted by molar-refractivity contribution is 7.22. The number of hydrogen-bond donors (Lipinski definition) is 2. The standard InChI is InChI=1S/C28H29N5O4S2.ClH/c1-16-21-25(29-22-17(2)26(34)32-27(22)35)30-24(20-6-5-15-38-20)31-28(21)39-23(16)18-7-9-19(10-8-18)37-14-12-33(3)11-13-36-4;/h5-10,15H,11-14H2,1-4H3,(H2,29,30,31,32,34,35);1H. The zero-order chi connectivity index (χ0) is 27.5. The minimum atomic E-state index is -0.462. The quantitative estimate of drug-likeness (QED) is 0.229. The minimum absolute atomic E-state index is 0. The molecule has 0 spiro atoms. The van der Waals surface area contributed by atoms with Gasteiger partial charge >= 0.3 is 0 Å². The lowest BCUT2D eigenvalue weighted by molar-refractivity contribution is -0.124. The van der Waals surface area contributed by atoms with Gasteiger partial charge in [-0.15, -0.1) is 35.1 Å². The molecule has 9 nitrogen and oxygen atoms in total. The number of anilines is 1. The number of imide groups is 1. The maximum atomic E-state index is 12.4. The predicted octanol–water partition coefficient (Wildman–Crippen LogP) is 5.12. The number of aryl methyl sites for hydroxylation is 1. The summed E-state index contributed by atoms with van der Waals surface area (Å²) in [6.07, 6.45) is 0. The third kappa shape index (κ3) is 6.18. The molecule has 4 aromatic rings. The van der Waals surface area contributed by atoms with E-state index in [4.69, 9.17) is 19.4 Å². The molecule has 0 bridgehead atoms. The number of amides is 2. The van der Waals surface area contributed by atoms with Gasteiger partial charge in [0, 0.05) is 30.6 Å². The van der Waals surface area contributed by atoms with Crippen LogP contribution in [-0.2, 0) is 14.3 Å². The van der Waals surface area contributed by atoms with Crippen LogP contribution in [0.3, 0.4) is 0 Å². The lowest BCUT2D eigenvalue weighted by Crippen LogP contribution is -2.27. The largest absolute Gasteiger partial charge is 0.492 e. The third-order valence-corrected chi connectivity index (χ3v) is 8.58. The number of rotatable bonds is 11. The average molecular weight is 600 g/mol. The first-order valence-electron chi connectivity index (χ1n) is 12.4. The van der Waals surface area contributed by atoms with Crippen molar-refractivity contribution in [2.75, 3.05) is 45.8 Å². The lowest BCUT2D eigenvalue weighted by Gasteiger charge is -2.16. The maximum Gasteiger partial charge on any atom is 0.275 e. The summed E-state index contributed by atoms with van der Waals surface area (Å²) in [6.45, 7) is 6.59. The molecule has 0 radical (unpaired) electrons. The maximum absolute atomic E-state index is 12.4. The van der Waals surface area contributed by atoms with Crippen molar-refractivity contribution in [2.24, 2.45) is 0 Å². The summed E-state index contributed by atoms with van der Waals surface area (Å²) in [7, 11) is 3.74. The van der Waals surface area contributed by atoms with Gasteiger partial charge in [0.15, 0.2) is 5.82 Å². The summed E-state index contributed by atoms with van der Waals surface area (Å²) in [5.74, 6) is 1.00. The van der Waals surface area contributed by atoms with E-state index in [1.807, 2.05) is 55.7 Å². The molecular weight excluding hydrogens is 570 g/mol. The third-order valence-electron chi connectivity index (χ3n) is 6.48. The molecule has 40 heavy (non-hydrogen) atoms. The molecule has 1 aromatic carbocycles. The van der Waals surface area contributed by atoms with Crippen LogP contribution < -0.4 is 15.4 Å². The Balaban J connectivity index is 0.00000370. The summed E-state index contributed by atoms with van der Waals surface area (Å²) in [6, 6.07) is 11.9. The predicted molar refractivity (Wildman–Crippen MR) is 162 cm³/mol. The highest BCUT2D eigenvalue weighted by Gasteiger charge is 2.29. The van der Waals surface area contributed by atoms with E-state index >= 15 is 0 Å². The molecule has 0 fully saturated rings. The van der Waals surface area contributed by atoms with Crippen molar-refractivity contribution in [1.29, 1.82) is 0 Å². The number of carbonyl (C=O) groups excluding carboxylic acids is 2. The molecule has 1 aliphatic heterocycles. The van der Waals surface area contributed by atoms with Crippen LogP contribution in [0.25, 0.3) is 31.4 Å². The molecule has 0 atom stereocenters. The van der Waals surface area contributed by atoms with Gasteiger partial charge in [0.1, 0.15) is 28.7 Å². The Kier molecular flexibility index (Phi) is 9.54. The number of ether oxygens (including phenoxy) is 2. The van der Waals surface area contributed by atoms with E-state index in [1.54, 1.807) is 36.7 Å². The van der Waals surface area contributed by atoms with Gasteiger partial charge in [0.2, 0.25) is 0 Å². The van der Waals surface area contributed by atoms with Crippen LogP contribution in [0.5, 0.6) is 5.75 Å². The number of methoxy groups -OCH3 is 1. The molecule has 0 saturated heterocycles. The molecule has 12 heteroatoms. The fourth-order valence-electron chi connectivity index (χ4n) is 4.21. The first-order chi connectivity index (χ1) is 18.9. The van der Waals surface area contributed by atoms with Crippen LogP contribution in [0.4, 0.5) is 5.82 Å². The van der Waals surface area contributed by atoms with Crippen LogP contribution in [0.1, 0.15) is 12.5 Å². The summed E-state index contributed by atoms with van der Waals surface area (Å²) in [4.78, 5) is 39.1. The summed E-state index contributed by atoms with van der Waals surface area (Å²) in [5.41, 5.74) is 2.57. The zero-order valence-corrected chi connectivity index (χ0v) is 25.0. The second kappa shape index (κ2) is 12.9. The monoisotopic (exact) mass is 599 g/mol. The molecule has 0 unspecified atom stereocenters. The second-order valence-corrected chi connectivity index (χ2v) is 11.1. The van der Waals surface area contributed by atoms with Crippen LogP contribution in [0.2, 0.25) is 0 Å². The van der Waals surface area contributed by atoms with Gasteiger partial charge in [0.25, 0.3) is 11.8 Å². The van der Waals surface area contributed by atoms with Crippen LogP contribution >= 0.6 is 35.1 Å². The highest BCUT2D eigenvalue weighted by Crippen LogP contribution is 2.42. The van der Waals surface area contributed by atoms with E-state index in [2.05, 4.69) is 15.5 Å². The first kappa shape index (κ1) is 29.6. The van der Waals surface area contributed by atoms with Crippen molar-refractivity contribution in [3.63, 3.8) is 0 Å². The Morgan fingerprint density at radius 3 is 2.42 bits per heavy atom. The summed E-state index contributed by atoms with van der Waals surface area (Å²) in [5, 5.41) is 8.28. The fraction of sp³-hybridized carbons (Fsp3) is 0.286. The van der Waals surface area contributed by atoms with Crippen LogP contribution in [0, 0.1) is 6.92 Å². The lowest BCUT2D eigenvalue weighted by atomic mass is 10.1. The molecule has 210 valence electrons. The van der Waals surface area contributed by atoms with E-state index < -0.39 is 11.8 Å². The number of thiophene rings is 2. The SMILES string of the molecule is COCCN(C)CCOc1ccc(-c2sc3nc(-c4cccs4)nc(NC4=C(C)C(=O)NC4=O)c3c2C)cc1.Cl. The molecule has 2 amide bonds. The van der Waals surface area contributed by atoms with Gasteiger partial charge in [-0.1, -0.05) is 6.07 Å². The topological polar surface area (TPSA) is 106 Å². The Hall–Kier alpha value is -3.35. The Morgan fingerprint density at radius 1 is 1.02 bits per heavy atom. The summed E-state index contributed by atoms with van der Waals surface area (Å²) >= 11 is 3.11. The number of nitrogens with one attached hydrogen (secondary N) is 2. The van der Waals surface area contributed by atoms with Gasteiger partial charge in [-0.05, 0) is 67.7 Å². The van der Waals surface area contributed by atoms with Gasteiger partial charge in [-0.2, -0.15) is 0 Å². The average Bonchev–Trinajstić information content (AvgIpc) is 3.64. The minimum Gasteiger partial charge on any atom is -0.492 e. The van der Waals surface area contributed by atoms with Crippen LogP contribution in [-0.4, -0.2) is 67.1 Å². The Labute approximate surface area is 246 Å². The smallest absolute Gasteiger partial charge is 0.275 e. The number of nitrogens with zero attached hydrogens (tertiary/aromatic N) is 3. The zero-order valence-electron chi connectivity index (χ0n) is 22.6. The van der Waals surface area contributed by atoms with Crippen molar-refractivity contribution >= 4 is 62.9 Å². The normalized spacial score (nSPS) is 13.2. The van der Waals surface area contributed by atoms with Crippen molar-refractivity contribution in [1.82, 2.24) is 20.2 Å². The van der Waals surface area contributed by atoms with Gasteiger partial charge in [0.05, 0.1) is 16.9 Å². The molecule has 2 N–H and O–H groups in total. The second-order valence-electron chi connectivity index (χ2n) is 9.19. The fourth-order valence-corrected chi connectivity index (χ4v) is 6.06. The Morgan fingerprint density at radius 2 is 1.77 bits per heavy atom. The molecule has 5 rings (SSSR count). The van der Waals surface area contributed by atoms with E-state index in [9.17, 15) is 9.59 Å². The number of carbonyl (C=O) groups is 2. The molecule has 4 heterocycles. The number of fused-ring (bicyclic) bond motifs is 1. The highest BCUT2D eigenvalue weighted by atomic mass is 35.5. The summed E-state index contributed by atoms with van der Waals surface area (Å²) < 4.78 is 11.1. The molecule has 3 aromatic heterocycles. The van der Waals surface area contributed by atoms with Gasteiger partial charge < -0.3 is 19.7 Å². The number of aromatic nitrogens is 2. The number of benzene rings is 1. The molecule has 0 saturated carbocycles.